The molecule has 2 aromatic rings. The van der Waals surface area contributed by atoms with Gasteiger partial charge in [-0.05, 0) is 31.2 Å². The van der Waals surface area contributed by atoms with Gasteiger partial charge in [-0.1, -0.05) is 27.5 Å². The zero-order valence-corrected chi connectivity index (χ0v) is 15.3. The number of benzene rings is 2. The van der Waals surface area contributed by atoms with Crippen LogP contribution < -0.4 is 5.32 Å². The van der Waals surface area contributed by atoms with Gasteiger partial charge in [0, 0.05) is 22.2 Å². The predicted octanol–water partition coefficient (Wildman–Crippen LogP) is 4.44. The average molecular weight is 428 g/mol. The zero-order valence-electron chi connectivity index (χ0n) is 12.9. The molecule has 0 aliphatic heterocycles. The molecule has 0 heterocycles. The number of ether oxygens (including phenoxy) is 1. The summed E-state index contributed by atoms with van der Waals surface area (Å²) in [7, 11) is 0. The lowest BCUT2D eigenvalue weighted by molar-refractivity contribution is -0.384. The van der Waals surface area contributed by atoms with Crippen molar-refractivity contribution >= 4 is 50.8 Å². The number of non-ortho nitro benzene ring substituents is 1. The highest BCUT2D eigenvalue weighted by atomic mass is 79.9. The van der Waals surface area contributed by atoms with E-state index in [1.807, 2.05) is 0 Å². The third-order valence-electron chi connectivity index (χ3n) is 3.08. The van der Waals surface area contributed by atoms with Crippen molar-refractivity contribution < 1.29 is 19.2 Å². The summed E-state index contributed by atoms with van der Waals surface area (Å²) < 4.78 is 5.56. The van der Waals surface area contributed by atoms with E-state index in [1.54, 1.807) is 25.1 Å². The fourth-order valence-electron chi connectivity index (χ4n) is 1.97. The topological polar surface area (TPSA) is 98.5 Å². The number of nitrogens with zero attached hydrogens (tertiary/aromatic N) is 1. The van der Waals surface area contributed by atoms with Gasteiger partial charge in [0.15, 0.2) is 0 Å². The molecule has 0 spiro atoms. The first-order valence-electron chi connectivity index (χ1n) is 7.04. The van der Waals surface area contributed by atoms with E-state index in [4.69, 9.17) is 16.3 Å². The Morgan fingerprint density at radius 3 is 2.52 bits per heavy atom. The van der Waals surface area contributed by atoms with Gasteiger partial charge in [0.05, 0.1) is 27.8 Å². The quantitative estimate of drug-likeness (QED) is 0.432. The molecule has 9 heteroatoms. The van der Waals surface area contributed by atoms with Crippen molar-refractivity contribution in [1.82, 2.24) is 0 Å². The van der Waals surface area contributed by atoms with Crippen LogP contribution in [0, 0.1) is 10.1 Å². The van der Waals surface area contributed by atoms with Crippen molar-refractivity contribution in [2.75, 3.05) is 11.9 Å². The van der Waals surface area contributed by atoms with Gasteiger partial charge >= 0.3 is 5.97 Å². The minimum atomic E-state index is -0.748. The minimum Gasteiger partial charge on any atom is -0.462 e. The average Bonchev–Trinajstić information content (AvgIpc) is 2.57. The van der Waals surface area contributed by atoms with Crippen molar-refractivity contribution in [3.05, 3.63) is 67.1 Å². The van der Waals surface area contributed by atoms with Gasteiger partial charge in [0.25, 0.3) is 11.6 Å². The highest BCUT2D eigenvalue weighted by Gasteiger charge is 2.19. The fraction of sp³-hybridized carbons (Fsp3) is 0.125. The first-order valence-corrected chi connectivity index (χ1v) is 8.22. The number of nitrogens with one attached hydrogen (secondary N) is 1. The molecule has 0 radical (unpaired) electrons. The maximum atomic E-state index is 12.4. The number of hydrogen-bond donors (Lipinski definition) is 1. The normalized spacial score (nSPS) is 10.2. The number of hydrogen-bond acceptors (Lipinski definition) is 5. The summed E-state index contributed by atoms with van der Waals surface area (Å²) in [6.45, 7) is 1.72. The first kappa shape index (κ1) is 18.9. The number of anilines is 1. The smallest absolute Gasteiger partial charge is 0.338 e. The summed E-state index contributed by atoms with van der Waals surface area (Å²) >= 11 is 9.29. The molecule has 0 aromatic heterocycles. The molecule has 0 saturated heterocycles. The number of carbonyl (C=O) groups is 2. The molecule has 0 aliphatic rings. The molecule has 25 heavy (non-hydrogen) atoms. The Morgan fingerprint density at radius 2 is 1.92 bits per heavy atom. The van der Waals surface area contributed by atoms with E-state index in [9.17, 15) is 19.7 Å². The molecule has 7 nitrogen and oxygen atoms in total. The van der Waals surface area contributed by atoms with Crippen molar-refractivity contribution in [2.24, 2.45) is 0 Å². The number of halogens is 2. The third-order valence-corrected chi connectivity index (χ3v) is 3.89. The zero-order chi connectivity index (χ0) is 18.6. The monoisotopic (exact) mass is 426 g/mol. The summed E-state index contributed by atoms with van der Waals surface area (Å²) in [6.07, 6.45) is 0. The Kier molecular flexibility index (Phi) is 6.11. The largest absolute Gasteiger partial charge is 0.462 e. The van der Waals surface area contributed by atoms with Gasteiger partial charge in [-0.2, -0.15) is 0 Å². The second-order valence-electron chi connectivity index (χ2n) is 4.82. The van der Waals surface area contributed by atoms with Crippen LogP contribution in [-0.4, -0.2) is 23.4 Å². The van der Waals surface area contributed by atoms with Crippen LogP contribution in [-0.2, 0) is 4.74 Å². The highest BCUT2D eigenvalue weighted by Crippen LogP contribution is 2.27. The Bertz CT molecular complexity index is 856. The van der Waals surface area contributed by atoms with Gasteiger partial charge in [-0.15, -0.1) is 0 Å². The number of nitro benzene ring substituents is 1. The van der Waals surface area contributed by atoms with Crippen molar-refractivity contribution in [3.63, 3.8) is 0 Å². The van der Waals surface area contributed by atoms with Gasteiger partial charge in [-0.25, -0.2) is 4.79 Å². The molecule has 2 rings (SSSR count). The van der Waals surface area contributed by atoms with E-state index in [0.29, 0.717) is 10.7 Å². The van der Waals surface area contributed by atoms with E-state index in [-0.39, 0.29) is 17.7 Å². The Balaban J connectivity index is 2.37. The van der Waals surface area contributed by atoms with Gasteiger partial charge in [-0.3, -0.25) is 14.9 Å². The van der Waals surface area contributed by atoms with Gasteiger partial charge < -0.3 is 10.1 Å². The third kappa shape index (κ3) is 4.77. The van der Waals surface area contributed by atoms with Crippen LogP contribution in [0.4, 0.5) is 11.4 Å². The second-order valence-corrected chi connectivity index (χ2v) is 6.15. The molecule has 0 unspecified atom stereocenters. The van der Waals surface area contributed by atoms with Crippen molar-refractivity contribution in [3.8, 4) is 0 Å². The predicted molar refractivity (Wildman–Crippen MR) is 96.2 cm³/mol. The molecule has 0 fully saturated rings. The fourth-order valence-corrected chi connectivity index (χ4v) is 2.69. The molecule has 130 valence electrons. The summed E-state index contributed by atoms with van der Waals surface area (Å²) in [5.74, 6) is -1.39. The molecular weight excluding hydrogens is 416 g/mol. The van der Waals surface area contributed by atoms with E-state index in [0.717, 1.165) is 16.6 Å². The van der Waals surface area contributed by atoms with Crippen LogP contribution in [0.3, 0.4) is 0 Å². The first-order chi connectivity index (χ1) is 11.8. The molecule has 0 bridgehead atoms. The number of amides is 1. The van der Waals surface area contributed by atoms with Crippen molar-refractivity contribution in [2.45, 2.75) is 6.92 Å². The Labute approximate surface area is 156 Å². The number of esters is 1. The second kappa shape index (κ2) is 8.09. The molecule has 2 aromatic carbocycles. The highest BCUT2D eigenvalue weighted by molar-refractivity contribution is 9.10. The summed E-state index contributed by atoms with van der Waals surface area (Å²) in [5, 5.41) is 13.9. The van der Waals surface area contributed by atoms with E-state index in [1.165, 1.54) is 6.07 Å². The van der Waals surface area contributed by atoms with Crippen LogP contribution in [0.1, 0.15) is 27.6 Å². The van der Waals surface area contributed by atoms with E-state index < -0.39 is 22.5 Å². The standard InChI is InChI=1S/C16H12BrClN2O5/c1-2-25-16(22)10-5-9(6-12(7-10)20(23)24)15(21)19-14-4-3-11(17)8-13(14)18/h3-8H,2H2,1H3,(H,19,21). The van der Waals surface area contributed by atoms with Gasteiger partial charge in [0.2, 0.25) is 0 Å². The maximum Gasteiger partial charge on any atom is 0.338 e. The maximum absolute atomic E-state index is 12.4. The number of carbonyl (C=O) groups excluding carboxylic acids is 2. The molecule has 0 aliphatic carbocycles. The molecule has 0 atom stereocenters. The van der Waals surface area contributed by atoms with Crippen LogP contribution in [0.25, 0.3) is 0 Å². The lowest BCUT2D eigenvalue weighted by Crippen LogP contribution is -2.14. The van der Waals surface area contributed by atoms with Gasteiger partial charge in [0.1, 0.15) is 0 Å². The van der Waals surface area contributed by atoms with Crippen molar-refractivity contribution in [1.29, 1.82) is 0 Å². The minimum absolute atomic E-state index is 0.0590. The lowest BCUT2D eigenvalue weighted by atomic mass is 10.1. The summed E-state index contributed by atoms with van der Waals surface area (Å²) in [5.41, 5.74) is -0.198. The lowest BCUT2D eigenvalue weighted by Gasteiger charge is -2.09. The molecule has 1 amide bonds. The van der Waals surface area contributed by atoms with Crippen LogP contribution in [0.2, 0.25) is 5.02 Å². The molecular formula is C16H12BrClN2O5. The van der Waals surface area contributed by atoms with Crippen LogP contribution in [0.15, 0.2) is 40.9 Å². The summed E-state index contributed by atoms with van der Waals surface area (Å²) in [6, 6.07) is 8.21. The summed E-state index contributed by atoms with van der Waals surface area (Å²) in [4.78, 5) is 34.6. The number of nitro groups is 1. The SMILES string of the molecule is CCOC(=O)c1cc(C(=O)Nc2ccc(Br)cc2Cl)cc([N+](=O)[O-])c1. The van der Waals surface area contributed by atoms with E-state index in [2.05, 4.69) is 21.2 Å². The Hall–Kier alpha value is -2.45. The molecule has 1 N–H and O–H groups in total. The van der Waals surface area contributed by atoms with Crippen LogP contribution >= 0.6 is 27.5 Å². The van der Waals surface area contributed by atoms with Crippen LogP contribution in [0.5, 0.6) is 0 Å². The Morgan fingerprint density at radius 1 is 1.24 bits per heavy atom. The number of rotatable bonds is 5. The van der Waals surface area contributed by atoms with E-state index >= 15 is 0 Å². The molecule has 0 saturated carbocycles.